The third-order valence-electron chi connectivity index (χ3n) is 5.90. The maximum absolute atomic E-state index is 13.7. The van der Waals surface area contributed by atoms with Crippen LogP contribution in [0.5, 0.6) is 0 Å². The van der Waals surface area contributed by atoms with Gasteiger partial charge in [-0.05, 0) is 43.4 Å². The second-order valence-electron chi connectivity index (χ2n) is 8.50. The third-order valence-corrected chi connectivity index (χ3v) is 7.03. The summed E-state index contributed by atoms with van der Waals surface area (Å²) in [5, 5.41) is 2.97. The number of carbonyl (C=O) groups is 2. The quantitative estimate of drug-likeness (QED) is 0.494. The van der Waals surface area contributed by atoms with E-state index in [1.807, 2.05) is 70.2 Å². The number of hydrogen-bond donors (Lipinski definition) is 1. The van der Waals surface area contributed by atoms with Gasteiger partial charge in [0.15, 0.2) is 0 Å². The average molecular weight is 488 g/mol. The lowest BCUT2D eigenvalue weighted by Crippen LogP contribution is -2.53. The van der Waals surface area contributed by atoms with E-state index >= 15 is 0 Å². The zero-order chi connectivity index (χ0) is 25.3. The predicted molar refractivity (Wildman–Crippen MR) is 137 cm³/mol. The summed E-state index contributed by atoms with van der Waals surface area (Å²) in [5.74, 6) is -0.660. The van der Waals surface area contributed by atoms with Gasteiger partial charge in [-0.3, -0.25) is 13.9 Å². The first kappa shape index (κ1) is 27.4. The topological polar surface area (TPSA) is 86.8 Å². The molecule has 0 heterocycles. The molecule has 0 aliphatic heterocycles. The maximum atomic E-state index is 13.7. The Morgan fingerprint density at radius 2 is 1.56 bits per heavy atom. The summed E-state index contributed by atoms with van der Waals surface area (Å²) in [6, 6.07) is 15.8. The second-order valence-corrected chi connectivity index (χ2v) is 10.4. The van der Waals surface area contributed by atoms with Gasteiger partial charge in [0.2, 0.25) is 21.8 Å². The lowest BCUT2D eigenvalue weighted by molar-refractivity contribution is -0.140. The van der Waals surface area contributed by atoms with Crippen LogP contribution in [0.2, 0.25) is 0 Å². The van der Waals surface area contributed by atoms with Crippen LogP contribution in [0.15, 0.2) is 54.6 Å². The van der Waals surface area contributed by atoms with Crippen molar-refractivity contribution in [1.82, 2.24) is 10.2 Å². The van der Waals surface area contributed by atoms with E-state index in [0.29, 0.717) is 18.5 Å². The summed E-state index contributed by atoms with van der Waals surface area (Å²) in [4.78, 5) is 28.3. The molecule has 34 heavy (non-hydrogen) atoms. The summed E-state index contributed by atoms with van der Waals surface area (Å²) >= 11 is 0. The lowest BCUT2D eigenvalue weighted by atomic mass is 10.1. The number of amides is 2. The van der Waals surface area contributed by atoms with Crippen molar-refractivity contribution in [3.8, 4) is 0 Å². The van der Waals surface area contributed by atoms with Gasteiger partial charge in [-0.15, -0.1) is 0 Å². The fraction of sp³-hybridized carbons (Fsp3) is 0.462. The van der Waals surface area contributed by atoms with Crippen LogP contribution in [-0.4, -0.2) is 50.0 Å². The molecule has 186 valence electrons. The van der Waals surface area contributed by atoms with Crippen LogP contribution < -0.4 is 9.62 Å². The molecule has 2 aromatic rings. The van der Waals surface area contributed by atoms with Gasteiger partial charge in [0, 0.05) is 12.6 Å². The van der Waals surface area contributed by atoms with Crippen molar-refractivity contribution in [3.63, 3.8) is 0 Å². The summed E-state index contributed by atoms with van der Waals surface area (Å²) in [6.45, 7) is 7.52. The maximum Gasteiger partial charge on any atom is 0.244 e. The molecule has 0 radical (unpaired) electrons. The largest absolute Gasteiger partial charge is 0.352 e. The number of carbonyl (C=O) groups excluding carboxylic acids is 2. The molecule has 0 bridgehead atoms. The molecule has 8 heteroatoms. The number of anilines is 1. The molecule has 0 aliphatic carbocycles. The monoisotopic (exact) mass is 487 g/mol. The van der Waals surface area contributed by atoms with Gasteiger partial charge in [-0.25, -0.2) is 8.42 Å². The Kier molecular flexibility index (Phi) is 10.1. The fourth-order valence-electron chi connectivity index (χ4n) is 3.79. The number of nitrogens with zero attached hydrogens (tertiary/aromatic N) is 2. The molecule has 1 N–H and O–H groups in total. The van der Waals surface area contributed by atoms with Crippen LogP contribution >= 0.6 is 0 Å². The Morgan fingerprint density at radius 1 is 0.941 bits per heavy atom. The molecule has 0 spiro atoms. The zero-order valence-corrected chi connectivity index (χ0v) is 21.6. The number of para-hydroxylation sites is 1. The number of benzene rings is 2. The van der Waals surface area contributed by atoms with Crippen molar-refractivity contribution < 1.29 is 18.0 Å². The van der Waals surface area contributed by atoms with Crippen LogP contribution in [0.3, 0.4) is 0 Å². The van der Waals surface area contributed by atoms with Crippen molar-refractivity contribution in [2.75, 3.05) is 17.1 Å². The molecule has 2 amide bonds. The van der Waals surface area contributed by atoms with Crippen LogP contribution in [0.1, 0.15) is 51.7 Å². The molecular weight excluding hydrogens is 450 g/mol. The van der Waals surface area contributed by atoms with Gasteiger partial charge >= 0.3 is 0 Å². The van der Waals surface area contributed by atoms with Crippen molar-refractivity contribution in [2.24, 2.45) is 0 Å². The van der Waals surface area contributed by atoms with Crippen molar-refractivity contribution in [2.45, 2.75) is 65.6 Å². The summed E-state index contributed by atoms with van der Waals surface area (Å²) in [5.41, 5.74) is 2.18. The van der Waals surface area contributed by atoms with Crippen LogP contribution in [-0.2, 0) is 32.6 Å². The SMILES string of the molecule is CCc1ccccc1N(CC(=O)N(Cc1ccccc1)[C@H](CC)C(=O)N[C@@H](C)CC)S(C)(=O)=O. The minimum atomic E-state index is -3.74. The lowest BCUT2D eigenvalue weighted by Gasteiger charge is -2.33. The molecule has 0 unspecified atom stereocenters. The highest BCUT2D eigenvalue weighted by atomic mass is 32.2. The molecule has 2 rings (SSSR count). The number of nitrogens with one attached hydrogen (secondary N) is 1. The Labute approximate surface area is 204 Å². The molecule has 0 saturated heterocycles. The molecule has 7 nitrogen and oxygen atoms in total. The zero-order valence-electron chi connectivity index (χ0n) is 20.8. The number of rotatable bonds is 12. The van der Waals surface area contributed by atoms with E-state index in [4.69, 9.17) is 0 Å². The Morgan fingerprint density at radius 3 is 2.12 bits per heavy atom. The summed E-state index contributed by atoms with van der Waals surface area (Å²) in [6.07, 6.45) is 2.90. The number of aryl methyl sites for hydroxylation is 1. The highest BCUT2D eigenvalue weighted by Crippen LogP contribution is 2.24. The number of sulfonamides is 1. The Hall–Kier alpha value is -2.87. The van der Waals surface area contributed by atoms with E-state index in [1.165, 1.54) is 4.90 Å². The fourth-order valence-corrected chi connectivity index (χ4v) is 4.67. The van der Waals surface area contributed by atoms with Crippen molar-refractivity contribution in [1.29, 1.82) is 0 Å². The standard InChI is InChI=1S/C26H37N3O4S/c1-6-20(4)27-26(31)23(8-3)28(18-21-14-10-9-11-15-21)25(30)19-29(34(5,32)33)24-17-13-12-16-22(24)7-2/h9-17,20,23H,6-8,18-19H2,1-5H3,(H,27,31)/t20-,23+/m0/s1. The van der Waals surface area contributed by atoms with Gasteiger partial charge in [0.05, 0.1) is 11.9 Å². The molecule has 0 aliphatic rings. The third kappa shape index (κ3) is 7.32. The minimum absolute atomic E-state index is 0.0285. The molecule has 0 aromatic heterocycles. The normalized spacial score (nSPS) is 13.1. The highest BCUT2D eigenvalue weighted by Gasteiger charge is 2.32. The van der Waals surface area contributed by atoms with E-state index in [2.05, 4.69) is 5.32 Å². The molecule has 2 aromatic carbocycles. The van der Waals surface area contributed by atoms with E-state index in [9.17, 15) is 18.0 Å². The summed E-state index contributed by atoms with van der Waals surface area (Å²) < 4.78 is 26.6. The van der Waals surface area contributed by atoms with Crippen molar-refractivity contribution in [3.05, 3.63) is 65.7 Å². The first-order valence-corrected chi connectivity index (χ1v) is 13.7. The summed E-state index contributed by atoms with van der Waals surface area (Å²) in [7, 11) is -3.74. The highest BCUT2D eigenvalue weighted by molar-refractivity contribution is 7.92. The van der Waals surface area contributed by atoms with Crippen LogP contribution in [0, 0.1) is 0 Å². The average Bonchev–Trinajstić information content (AvgIpc) is 2.82. The second kappa shape index (κ2) is 12.6. The van der Waals surface area contributed by atoms with E-state index < -0.39 is 22.0 Å². The van der Waals surface area contributed by atoms with E-state index in [0.717, 1.165) is 28.1 Å². The van der Waals surface area contributed by atoms with Gasteiger partial charge in [-0.2, -0.15) is 0 Å². The Balaban J connectivity index is 2.45. The van der Waals surface area contributed by atoms with Crippen molar-refractivity contribution >= 4 is 27.5 Å². The first-order valence-electron chi connectivity index (χ1n) is 11.8. The van der Waals surface area contributed by atoms with Gasteiger partial charge in [0.25, 0.3) is 0 Å². The van der Waals surface area contributed by atoms with Crippen LogP contribution in [0.25, 0.3) is 0 Å². The van der Waals surface area contributed by atoms with Gasteiger partial charge in [-0.1, -0.05) is 69.3 Å². The van der Waals surface area contributed by atoms with Gasteiger partial charge < -0.3 is 10.2 Å². The smallest absolute Gasteiger partial charge is 0.244 e. The molecular formula is C26H37N3O4S. The van der Waals surface area contributed by atoms with Crippen LogP contribution in [0.4, 0.5) is 5.69 Å². The predicted octanol–water partition coefficient (Wildman–Crippen LogP) is 3.74. The van der Waals surface area contributed by atoms with E-state index in [1.54, 1.807) is 12.1 Å². The first-order chi connectivity index (χ1) is 16.1. The van der Waals surface area contributed by atoms with E-state index in [-0.39, 0.29) is 25.0 Å². The van der Waals surface area contributed by atoms with Gasteiger partial charge in [0.1, 0.15) is 12.6 Å². The molecule has 2 atom stereocenters. The number of hydrogen-bond acceptors (Lipinski definition) is 4. The minimum Gasteiger partial charge on any atom is -0.352 e. The molecule has 0 fully saturated rings. The Bertz CT molecular complexity index is 1060. The molecule has 0 saturated carbocycles.